The average Bonchev–Trinajstić information content (AvgIpc) is 2.46. The van der Waals surface area contributed by atoms with Gasteiger partial charge >= 0.3 is 11.9 Å². The van der Waals surface area contributed by atoms with Gasteiger partial charge in [-0.15, -0.1) is 0 Å². The second-order valence-corrected chi connectivity index (χ2v) is 3.52. The van der Waals surface area contributed by atoms with Crippen LogP contribution in [0.3, 0.4) is 0 Å². The molecule has 1 N–H and O–H groups in total. The molecular weight excluding hydrogens is 204 g/mol. The second kappa shape index (κ2) is 4.69. The third-order valence-corrected chi connectivity index (χ3v) is 2.31. The lowest BCUT2D eigenvalue weighted by Gasteiger charge is -2.29. The summed E-state index contributed by atoms with van der Waals surface area (Å²) < 4.78 is 14.0. The van der Waals surface area contributed by atoms with Crippen molar-refractivity contribution in [3.63, 3.8) is 0 Å². The van der Waals surface area contributed by atoms with E-state index in [1.165, 1.54) is 14.2 Å². The third kappa shape index (κ3) is 2.53. The number of ether oxygens (including phenoxy) is 3. The van der Waals surface area contributed by atoms with E-state index >= 15 is 0 Å². The van der Waals surface area contributed by atoms with E-state index in [2.05, 4.69) is 4.74 Å². The molecule has 0 aromatic carbocycles. The fourth-order valence-electron chi connectivity index (χ4n) is 1.63. The van der Waals surface area contributed by atoms with Crippen LogP contribution in [0.15, 0.2) is 0 Å². The van der Waals surface area contributed by atoms with Gasteiger partial charge < -0.3 is 19.3 Å². The SMILES string of the molecule is COCC(O)(COC)C1CC(=O)OC1=O. The van der Waals surface area contributed by atoms with Crippen LogP contribution in [0.1, 0.15) is 6.42 Å². The summed E-state index contributed by atoms with van der Waals surface area (Å²) in [5.74, 6) is -2.27. The first kappa shape index (κ1) is 12.1. The van der Waals surface area contributed by atoms with E-state index in [4.69, 9.17) is 9.47 Å². The lowest BCUT2D eigenvalue weighted by atomic mass is 9.87. The van der Waals surface area contributed by atoms with E-state index < -0.39 is 23.5 Å². The van der Waals surface area contributed by atoms with Crippen molar-refractivity contribution in [3.8, 4) is 0 Å². The zero-order valence-electron chi connectivity index (χ0n) is 8.69. The first-order chi connectivity index (χ1) is 7.03. The molecule has 0 spiro atoms. The number of carbonyl (C=O) groups excluding carboxylic acids is 2. The molecule has 0 amide bonds. The normalized spacial score (nSPS) is 21.9. The van der Waals surface area contributed by atoms with Crippen LogP contribution in [-0.4, -0.2) is 50.1 Å². The molecule has 0 bridgehead atoms. The van der Waals surface area contributed by atoms with E-state index in [-0.39, 0.29) is 19.6 Å². The van der Waals surface area contributed by atoms with Gasteiger partial charge in [0.1, 0.15) is 11.5 Å². The average molecular weight is 218 g/mol. The molecule has 1 fully saturated rings. The van der Waals surface area contributed by atoms with Crippen molar-refractivity contribution in [1.82, 2.24) is 0 Å². The van der Waals surface area contributed by atoms with Gasteiger partial charge in [0.2, 0.25) is 0 Å². The highest BCUT2D eigenvalue weighted by atomic mass is 16.6. The number of aliphatic hydroxyl groups is 1. The van der Waals surface area contributed by atoms with Crippen LogP contribution in [0.2, 0.25) is 0 Å². The number of methoxy groups -OCH3 is 2. The number of rotatable bonds is 5. The van der Waals surface area contributed by atoms with Gasteiger partial charge in [-0.25, -0.2) is 0 Å². The summed E-state index contributed by atoms with van der Waals surface area (Å²) in [5, 5.41) is 10.1. The molecule has 1 heterocycles. The standard InChI is InChI=1S/C9H14O6/c1-13-4-9(12,5-14-2)6-3-7(10)15-8(6)11/h6,12H,3-5H2,1-2H3. The quantitative estimate of drug-likeness (QED) is 0.475. The highest BCUT2D eigenvalue weighted by molar-refractivity contribution is 5.95. The van der Waals surface area contributed by atoms with Crippen molar-refractivity contribution >= 4 is 11.9 Å². The fraction of sp³-hybridized carbons (Fsp3) is 0.778. The highest BCUT2D eigenvalue weighted by Crippen LogP contribution is 2.28. The Hall–Kier alpha value is -0.980. The Morgan fingerprint density at radius 3 is 2.27 bits per heavy atom. The van der Waals surface area contributed by atoms with Gasteiger partial charge in [0.25, 0.3) is 0 Å². The van der Waals surface area contributed by atoms with Crippen LogP contribution in [0, 0.1) is 5.92 Å². The van der Waals surface area contributed by atoms with Gasteiger partial charge in [-0.2, -0.15) is 0 Å². The predicted octanol–water partition coefficient (Wildman–Crippen LogP) is -0.900. The molecule has 1 aliphatic heterocycles. The topological polar surface area (TPSA) is 82.1 Å². The van der Waals surface area contributed by atoms with Crippen LogP contribution in [0.4, 0.5) is 0 Å². The summed E-state index contributed by atoms with van der Waals surface area (Å²) in [6, 6.07) is 0. The molecule has 0 saturated carbocycles. The van der Waals surface area contributed by atoms with Gasteiger partial charge in [0.05, 0.1) is 19.6 Å². The molecule has 0 aromatic rings. The summed E-state index contributed by atoms with van der Waals surface area (Å²) >= 11 is 0. The van der Waals surface area contributed by atoms with E-state index in [0.717, 1.165) is 0 Å². The Labute approximate surface area is 87.1 Å². The molecule has 6 nitrogen and oxygen atoms in total. The van der Waals surface area contributed by atoms with Crippen molar-refractivity contribution < 1.29 is 28.9 Å². The zero-order chi connectivity index (χ0) is 11.5. The minimum Gasteiger partial charge on any atom is -0.393 e. The van der Waals surface area contributed by atoms with E-state index in [9.17, 15) is 14.7 Å². The Morgan fingerprint density at radius 2 is 1.93 bits per heavy atom. The zero-order valence-corrected chi connectivity index (χ0v) is 8.69. The monoisotopic (exact) mass is 218 g/mol. The first-order valence-electron chi connectivity index (χ1n) is 4.48. The molecule has 0 aromatic heterocycles. The van der Waals surface area contributed by atoms with Crippen molar-refractivity contribution in [2.24, 2.45) is 5.92 Å². The van der Waals surface area contributed by atoms with Gasteiger partial charge in [-0.3, -0.25) is 9.59 Å². The number of esters is 2. The number of carbonyl (C=O) groups is 2. The second-order valence-electron chi connectivity index (χ2n) is 3.52. The Balaban J connectivity index is 2.79. The number of cyclic esters (lactones) is 2. The largest absolute Gasteiger partial charge is 0.393 e. The summed E-state index contributed by atoms with van der Waals surface area (Å²) in [6.07, 6.45) is -0.137. The maximum absolute atomic E-state index is 11.3. The minimum atomic E-state index is -1.51. The van der Waals surface area contributed by atoms with Crippen molar-refractivity contribution in [3.05, 3.63) is 0 Å². The third-order valence-electron chi connectivity index (χ3n) is 2.31. The molecule has 15 heavy (non-hydrogen) atoms. The van der Waals surface area contributed by atoms with Gasteiger partial charge in [-0.05, 0) is 0 Å². The van der Waals surface area contributed by atoms with E-state index in [0.29, 0.717) is 0 Å². The molecule has 0 radical (unpaired) electrons. The predicted molar refractivity (Wildman–Crippen MR) is 47.9 cm³/mol. The van der Waals surface area contributed by atoms with Crippen molar-refractivity contribution in [2.75, 3.05) is 27.4 Å². The van der Waals surface area contributed by atoms with Crippen LogP contribution >= 0.6 is 0 Å². The lowest BCUT2D eigenvalue weighted by Crippen LogP contribution is -2.48. The molecule has 1 unspecified atom stereocenters. The number of hydrogen-bond acceptors (Lipinski definition) is 6. The first-order valence-corrected chi connectivity index (χ1v) is 4.48. The maximum atomic E-state index is 11.3. The summed E-state index contributed by atoms with van der Waals surface area (Å²) in [5.41, 5.74) is -1.51. The minimum absolute atomic E-state index is 0.0894. The molecule has 1 aliphatic rings. The molecule has 6 heteroatoms. The van der Waals surface area contributed by atoms with Crippen LogP contribution in [0.25, 0.3) is 0 Å². The van der Waals surface area contributed by atoms with E-state index in [1.807, 2.05) is 0 Å². The molecular formula is C9H14O6. The summed E-state index contributed by atoms with van der Waals surface area (Å²) in [4.78, 5) is 22.2. The summed E-state index contributed by atoms with van der Waals surface area (Å²) in [6.45, 7) is -0.179. The van der Waals surface area contributed by atoms with Crippen LogP contribution < -0.4 is 0 Å². The lowest BCUT2D eigenvalue weighted by molar-refractivity contribution is -0.161. The smallest absolute Gasteiger partial charge is 0.320 e. The van der Waals surface area contributed by atoms with Crippen molar-refractivity contribution in [1.29, 1.82) is 0 Å². The Kier molecular flexibility index (Phi) is 3.78. The maximum Gasteiger partial charge on any atom is 0.320 e. The van der Waals surface area contributed by atoms with E-state index in [1.54, 1.807) is 0 Å². The number of hydrogen-bond donors (Lipinski definition) is 1. The van der Waals surface area contributed by atoms with Crippen molar-refractivity contribution in [2.45, 2.75) is 12.0 Å². The molecule has 1 saturated heterocycles. The van der Waals surface area contributed by atoms with Crippen LogP contribution in [0.5, 0.6) is 0 Å². The Morgan fingerprint density at radius 1 is 1.40 bits per heavy atom. The van der Waals surface area contributed by atoms with Gasteiger partial charge in [-0.1, -0.05) is 0 Å². The summed E-state index contributed by atoms with van der Waals surface area (Å²) in [7, 11) is 2.78. The molecule has 1 atom stereocenters. The molecule has 0 aliphatic carbocycles. The molecule has 86 valence electrons. The van der Waals surface area contributed by atoms with Gasteiger partial charge in [0.15, 0.2) is 0 Å². The Bertz CT molecular complexity index is 255. The fourth-order valence-corrected chi connectivity index (χ4v) is 1.63. The van der Waals surface area contributed by atoms with Gasteiger partial charge in [0, 0.05) is 14.2 Å². The molecule has 1 rings (SSSR count). The van der Waals surface area contributed by atoms with Crippen LogP contribution in [-0.2, 0) is 23.8 Å². The highest BCUT2D eigenvalue weighted by Gasteiger charge is 2.48.